The summed E-state index contributed by atoms with van der Waals surface area (Å²) in [6, 6.07) is 6.39. The van der Waals surface area contributed by atoms with Crippen molar-refractivity contribution in [2.75, 3.05) is 0 Å². The van der Waals surface area contributed by atoms with Crippen molar-refractivity contribution in [3.63, 3.8) is 0 Å². The monoisotopic (exact) mass is 239 g/mol. The van der Waals surface area contributed by atoms with Crippen LogP contribution in [0.2, 0.25) is 0 Å². The molecule has 0 radical (unpaired) electrons. The van der Waals surface area contributed by atoms with Gasteiger partial charge in [0.2, 0.25) is 0 Å². The van der Waals surface area contributed by atoms with Crippen molar-refractivity contribution >= 4 is 5.78 Å². The predicted octanol–water partition coefficient (Wildman–Crippen LogP) is 2.49. The number of hydrogen-bond donors (Lipinski definition) is 0. The van der Waals surface area contributed by atoms with Gasteiger partial charge in [0.05, 0.1) is 12.5 Å². The third kappa shape index (κ3) is 3.83. The van der Waals surface area contributed by atoms with Crippen LogP contribution in [0.1, 0.15) is 18.1 Å². The smallest absolute Gasteiger partial charge is 0.387 e. The molecule has 0 aliphatic rings. The minimum Gasteiger partial charge on any atom is -0.434 e. The van der Waals surface area contributed by atoms with E-state index in [9.17, 15) is 13.6 Å². The van der Waals surface area contributed by atoms with Crippen LogP contribution in [-0.2, 0) is 17.6 Å². The van der Waals surface area contributed by atoms with Crippen molar-refractivity contribution in [1.82, 2.24) is 0 Å². The molecule has 0 spiro atoms. The quantitative estimate of drug-likeness (QED) is 0.793. The van der Waals surface area contributed by atoms with Gasteiger partial charge in [-0.3, -0.25) is 4.79 Å². The van der Waals surface area contributed by atoms with Gasteiger partial charge in [-0.05, 0) is 18.6 Å². The Kier molecular flexibility index (Phi) is 4.58. The van der Waals surface area contributed by atoms with Gasteiger partial charge in [-0.25, -0.2) is 0 Å². The first-order valence-electron chi connectivity index (χ1n) is 4.96. The van der Waals surface area contributed by atoms with Crippen LogP contribution >= 0.6 is 0 Å². The molecule has 0 bridgehead atoms. The third-order valence-corrected chi connectivity index (χ3v) is 2.14. The summed E-state index contributed by atoms with van der Waals surface area (Å²) in [6.45, 7) is -1.54. The maximum Gasteiger partial charge on any atom is 0.387 e. The van der Waals surface area contributed by atoms with E-state index in [2.05, 4.69) is 4.74 Å². The molecule has 90 valence electrons. The molecule has 0 saturated heterocycles. The molecule has 0 heterocycles. The van der Waals surface area contributed by atoms with Crippen molar-refractivity contribution in [2.45, 2.75) is 26.4 Å². The number of nitrogens with zero attached hydrogens (tertiary/aromatic N) is 1. The molecular weight excluding hydrogens is 228 g/mol. The minimum absolute atomic E-state index is 0.0414. The lowest BCUT2D eigenvalue weighted by atomic mass is 10.00. The summed E-state index contributed by atoms with van der Waals surface area (Å²) in [7, 11) is 0. The van der Waals surface area contributed by atoms with Gasteiger partial charge in [0.15, 0.2) is 0 Å². The van der Waals surface area contributed by atoms with Gasteiger partial charge in [0.1, 0.15) is 11.5 Å². The fraction of sp³-hybridized carbons (Fsp3) is 0.333. The van der Waals surface area contributed by atoms with Crippen molar-refractivity contribution < 1.29 is 18.3 Å². The number of carbonyl (C=O) groups excluding carboxylic acids is 1. The van der Waals surface area contributed by atoms with Gasteiger partial charge in [0.25, 0.3) is 0 Å². The fourth-order valence-electron chi connectivity index (χ4n) is 1.53. The molecule has 1 aromatic carbocycles. The molecule has 1 aromatic rings. The first kappa shape index (κ1) is 13.1. The second-order valence-corrected chi connectivity index (χ2v) is 3.49. The Morgan fingerprint density at radius 2 is 2.24 bits per heavy atom. The van der Waals surface area contributed by atoms with Crippen LogP contribution in [0.4, 0.5) is 8.78 Å². The number of benzene rings is 1. The zero-order valence-electron chi connectivity index (χ0n) is 9.24. The number of nitriles is 1. The number of ether oxygens (including phenoxy) is 1. The Balaban J connectivity index is 3.12. The van der Waals surface area contributed by atoms with Crippen LogP contribution in [0.25, 0.3) is 0 Å². The van der Waals surface area contributed by atoms with Crippen LogP contribution in [-0.4, -0.2) is 12.4 Å². The fourth-order valence-corrected chi connectivity index (χ4v) is 1.53. The molecule has 3 nitrogen and oxygen atoms in total. The Hall–Kier alpha value is -1.96. The number of alkyl halides is 2. The predicted molar refractivity (Wildman–Crippen MR) is 56.8 cm³/mol. The number of rotatable bonds is 5. The SMILES string of the molecule is CC(=O)Cc1cccc(OC(F)F)c1CC#N. The number of hydrogen-bond acceptors (Lipinski definition) is 3. The van der Waals surface area contributed by atoms with E-state index in [-0.39, 0.29) is 24.4 Å². The molecule has 0 fully saturated rings. The minimum atomic E-state index is -2.94. The van der Waals surface area contributed by atoms with E-state index in [1.165, 1.54) is 19.1 Å². The molecule has 0 atom stereocenters. The standard InChI is InChI=1S/C12H11F2NO2/c1-8(16)7-9-3-2-4-11(17-12(13)14)10(9)5-6-15/h2-4,12H,5,7H2,1H3. The summed E-state index contributed by atoms with van der Waals surface area (Å²) < 4.78 is 28.7. The van der Waals surface area contributed by atoms with Gasteiger partial charge in [-0.2, -0.15) is 14.0 Å². The molecule has 0 saturated carbocycles. The molecule has 0 aromatic heterocycles. The maximum absolute atomic E-state index is 12.2. The molecule has 17 heavy (non-hydrogen) atoms. The van der Waals surface area contributed by atoms with Gasteiger partial charge >= 0.3 is 6.61 Å². The topological polar surface area (TPSA) is 50.1 Å². The second-order valence-electron chi connectivity index (χ2n) is 3.49. The van der Waals surface area contributed by atoms with Crippen molar-refractivity contribution in [3.05, 3.63) is 29.3 Å². The van der Waals surface area contributed by atoms with Gasteiger partial charge < -0.3 is 4.74 Å². The molecule has 1 rings (SSSR count). The second kappa shape index (κ2) is 5.94. The molecule has 0 aliphatic heterocycles. The summed E-state index contributed by atoms with van der Waals surface area (Å²) in [5.41, 5.74) is 0.905. The van der Waals surface area contributed by atoms with Gasteiger partial charge in [-0.15, -0.1) is 0 Å². The lowest BCUT2D eigenvalue weighted by Crippen LogP contribution is -2.07. The van der Waals surface area contributed by atoms with Crippen LogP contribution < -0.4 is 4.74 Å². The molecular formula is C12H11F2NO2. The van der Waals surface area contributed by atoms with Crippen LogP contribution in [0, 0.1) is 11.3 Å². The average Bonchev–Trinajstić information content (AvgIpc) is 2.21. The number of halogens is 2. The maximum atomic E-state index is 12.2. The van der Waals surface area contributed by atoms with Crippen molar-refractivity contribution in [1.29, 1.82) is 5.26 Å². The summed E-state index contributed by atoms with van der Waals surface area (Å²) >= 11 is 0. The van der Waals surface area contributed by atoms with E-state index >= 15 is 0 Å². The molecule has 5 heteroatoms. The molecule has 0 unspecified atom stereocenters. The number of carbonyl (C=O) groups is 1. The highest BCUT2D eigenvalue weighted by Crippen LogP contribution is 2.25. The van der Waals surface area contributed by atoms with E-state index < -0.39 is 6.61 Å². The van der Waals surface area contributed by atoms with Crippen molar-refractivity contribution in [3.8, 4) is 11.8 Å². The summed E-state index contributed by atoms with van der Waals surface area (Å²) in [5, 5.41) is 8.66. The summed E-state index contributed by atoms with van der Waals surface area (Å²) in [4.78, 5) is 11.0. The van der Waals surface area contributed by atoms with E-state index in [1.54, 1.807) is 6.07 Å². The number of Topliss-reactive ketones (excluding diaryl/α,β-unsaturated/α-hetero) is 1. The number of ketones is 1. The van der Waals surface area contributed by atoms with E-state index in [1.807, 2.05) is 6.07 Å². The van der Waals surface area contributed by atoms with Gasteiger partial charge in [-0.1, -0.05) is 12.1 Å². The highest BCUT2D eigenvalue weighted by Gasteiger charge is 2.14. The Bertz CT molecular complexity index is 452. The lowest BCUT2D eigenvalue weighted by molar-refractivity contribution is -0.116. The average molecular weight is 239 g/mol. The van der Waals surface area contributed by atoms with Crippen LogP contribution in [0.5, 0.6) is 5.75 Å². The lowest BCUT2D eigenvalue weighted by Gasteiger charge is -2.12. The summed E-state index contributed by atoms with van der Waals surface area (Å²) in [6.07, 6.45) is 0.0446. The van der Waals surface area contributed by atoms with Crippen LogP contribution in [0.3, 0.4) is 0 Å². The normalized spacial score (nSPS) is 10.1. The van der Waals surface area contributed by atoms with Crippen molar-refractivity contribution in [2.24, 2.45) is 0 Å². The Morgan fingerprint density at radius 3 is 2.76 bits per heavy atom. The Labute approximate surface area is 97.6 Å². The third-order valence-electron chi connectivity index (χ3n) is 2.14. The van der Waals surface area contributed by atoms with E-state index in [0.717, 1.165) is 0 Å². The molecule has 0 aliphatic carbocycles. The van der Waals surface area contributed by atoms with E-state index in [0.29, 0.717) is 11.1 Å². The molecule has 0 N–H and O–H groups in total. The van der Waals surface area contributed by atoms with Gasteiger partial charge in [0, 0.05) is 12.0 Å². The highest BCUT2D eigenvalue weighted by molar-refractivity contribution is 5.78. The first-order chi connectivity index (χ1) is 8.04. The van der Waals surface area contributed by atoms with Crippen LogP contribution in [0.15, 0.2) is 18.2 Å². The zero-order chi connectivity index (χ0) is 12.8. The molecule has 0 amide bonds. The van der Waals surface area contributed by atoms with E-state index in [4.69, 9.17) is 5.26 Å². The highest BCUT2D eigenvalue weighted by atomic mass is 19.3. The largest absolute Gasteiger partial charge is 0.434 e. The first-order valence-corrected chi connectivity index (χ1v) is 4.96. The summed E-state index contributed by atoms with van der Waals surface area (Å²) in [5.74, 6) is -0.140. The Morgan fingerprint density at radius 1 is 1.53 bits per heavy atom. The zero-order valence-corrected chi connectivity index (χ0v) is 9.24.